The Balaban J connectivity index is 2.27. The maximum Gasteiger partial charge on any atom is 0.230 e. The number of halogens is 1. The summed E-state index contributed by atoms with van der Waals surface area (Å²) < 4.78 is 10.4. The number of benzene rings is 1. The summed E-state index contributed by atoms with van der Waals surface area (Å²) in [6.45, 7) is 4.14. The SMILES string of the molecule is COc1cc(NC(=O)C2(C(C)C)CC2)c(Cl)c(OC)c1. The van der Waals surface area contributed by atoms with Crippen molar-refractivity contribution in [1.29, 1.82) is 0 Å². The van der Waals surface area contributed by atoms with Crippen molar-refractivity contribution in [3.8, 4) is 11.5 Å². The van der Waals surface area contributed by atoms with Crippen molar-refractivity contribution in [3.05, 3.63) is 17.2 Å². The van der Waals surface area contributed by atoms with E-state index >= 15 is 0 Å². The lowest BCUT2D eigenvalue weighted by molar-refractivity contribution is -0.122. The van der Waals surface area contributed by atoms with Crippen LogP contribution in [0.2, 0.25) is 5.02 Å². The molecule has 4 nitrogen and oxygen atoms in total. The molecule has 0 radical (unpaired) electrons. The smallest absolute Gasteiger partial charge is 0.230 e. The van der Waals surface area contributed by atoms with Gasteiger partial charge in [-0.15, -0.1) is 0 Å². The Kier molecular flexibility index (Phi) is 4.14. The molecule has 1 aliphatic carbocycles. The Labute approximate surface area is 124 Å². The highest BCUT2D eigenvalue weighted by molar-refractivity contribution is 6.35. The maximum absolute atomic E-state index is 12.4. The molecule has 2 rings (SSSR count). The lowest BCUT2D eigenvalue weighted by Crippen LogP contribution is -2.28. The van der Waals surface area contributed by atoms with E-state index < -0.39 is 0 Å². The van der Waals surface area contributed by atoms with Crippen molar-refractivity contribution in [2.75, 3.05) is 19.5 Å². The van der Waals surface area contributed by atoms with Gasteiger partial charge in [0, 0.05) is 12.1 Å². The Hall–Kier alpha value is -1.42. The van der Waals surface area contributed by atoms with E-state index in [9.17, 15) is 4.79 Å². The van der Waals surface area contributed by atoms with Crippen molar-refractivity contribution in [2.45, 2.75) is 26.7 Å². The van der Waals surface area contributed by atoms with E-state index in [4.69, 9.17) is 21.1 Å². The van der Waals surface area contributed by atoms with E-state index in [0.29, 0.717) is 28.1 Å². The van der Waals surface area contributed by atoms with Gasteiger partial charge in [-0.05, 0) is 18.8 Å². The second-order valence-electron chi connectivity index (χ2n) is 5.46. The summed E-state index contributed by atoms with van der Waals surface area (Å²) in [5.41, 5.74) is 0.277. The molecule has 0 saturated heterocycles. The van der Waals surface area contributed by atoms with Gasteiger partial charge < -0.3 is 14.8 Å². The zero-order valence-corrected chi connectivity index (χ0v) is 13.0. The van der Waals surface area contributed by atoms with E-state index in [1.807, 2.05) is 0 Å². The van der Waals surface area contributed by atoms with Crippen molar-refractivity contribution >= 4 is 23.2 Å². The number of hydrogen-bond acceptors (Lipinski definition) is 3. The van der Waals surface area contributed by atoms with Crippen LogP contribution < -0.4 is 14.8 Å². The van der Waals surface area contributed by atoms with E-state index in [2.05, 4.69) is 19.2 Å². The van der Waals surface area contributed by atoms with E-state index in [-0.39, 0.29) is 11.3 Å². The molecule has 0 aliphatic heterocycles. The van der Waals surface area contributed by atoms with E-state index in [0.717, 1.165) is 12.8 Å². The average Bonchev–Trinajstić information content (AvgIpc) is 3.22. The predicted molar refractivity (Wildman–Crippen MR) is 79.7 cm³/mol. The van der Waals surface area contributed by atoms with Crippen LogP contribution in [-0.4, -0.2) is 20.1 Å². The average molecular weight is 298 g/mol. The molecule has 110 valence electrons. The molecule has 5 heteroatoms. The largest absolute Gasteiger partial charge is 0.497 e. The highest BCUT2D eigenvalue weighted by Gasteiger charge is 2.52. The molecule has 1 aromatic rings. The van der Waals surface area contributed by atoms with Crippen LogP contribution in [0.25, 0.3) is 0 Å². The van der Waals surface area contributed by atoms with Crippen molar-refractivity contribution in [3.63, 3.8) is 0 Å². The number of nitrogens with one attached hydrogen (secondary N) is 1. The van der Waals surface area contributed by atoms with Gasteiger partial charge in [0.2, 0.25) is 5.91 Å². The summed E-state index contributed by atoms with van der Waals surface area (Å²) in [6.07, 6.45) is 1.85. The molecule has 0 heterocycles. The van der Waals surface area contributed by atoms with Gasteiger partial charge in [-0.3, -0.25) is 4.79 Å². The molecule has 1 aliphatic rings. The van der Waals surface area contributed by atoms with Crippen molar-refractivity contribution < 1.29 is 14.3 Å². The standard InChI is InChI=1S/C15H20ClNO3/c1-9(2)15(5-6-15)14(18)17-11-7-10(19-3)8-12(20-4)13(11)16/h7-9H,5-6H2,1-4H3,(H,17,18). The Bertz CT molecular complexity index is 524. The quantitative estimate of drug-likeness (QED) is 0.901. The van der Waals surface area contributed by atoms with Crippen LogP contribution in [0.15, 0.2) is 12.1 Å². The van der Waals surface area contributed by atoms with Crippen LogP contribution in [0.1, 0.15) is 26.7 Å². The van der Waals surface area contributed by atoms with Gasteiger partial charge in [0.25, 0.3) is 0 Å². The van der Waals surface area contributed by atoms with Crippen LogP contribution in [0.4, 0.5) is 5.69 Å². The van der Waals surface area contributed by atoms with Crippen LogP contribution in [0.5, 0.6) is 11.5 Å². The monoisotopic (exact) mass is 297 g/mol. The minimum absolute atomic E-state index is 0.0182. The molecule has 1 amide bonds. The highest BCUT2D eigenvalue weighted by Crippen LogP contribution is 2.53. The van der Waals surface area contributed by atoms with Crippen LogP contribution in [0.3, 0.4) is 0 Å². The van der Waals surface area contributed by atoms with E-state index in [1.165, 1.54) is 7.11 Å². The molecule has 0 atom stereocenters. The summed E-state index contributed by atoms with van der Waals surface area (Å²) in [5.74, 6) is 1.41. The summed E-state index contributed by atoms with van der Waals surface area (Å²) in [7, 11) is 3.09. The number of anilines is 1. The van der Waals surface area contributed by atoms with Crippen LogP contribution >= 0.6 is 11.6 Å². The van der Waals surface area contributed by atoms with Crippen LogP contribution in [-0.2, 0) is 4.79 Å². The number of methoxy groups -OCH3 is 2. The lowest BCUT2D eigenvalue weighted by Gasteiger charge is -2.20. The Morgan fingerprint density at radius 1 is 1.30 bits per heavy atom. The summed E-state index contributed by atoms with van der Waals surface area (Å²) in [6, 6.07) is 3.40. The molecular weight excluding hydrogens is 278 g/mol. The fourth-order valence-corrected chi connectivity index (χ4v) is 2.61. The van der Waals surface area contributed by atoms with Gasteiger partial charge in [0.1, 0.15) is 16.5 Å². The highest BCUT2D eigenvalue weighted by atomic mass is 35.5. The predicted octanol–water partition coefficient (Wildman–Crippen LogP) is 3.73. The fourth-order valence-electron chi connectivity index (χ4n) is 2.38. The van der Waals surface area contributed by atoms with Gasteiger partial charge in [-0.1, -0.05) is 25.4 Å². The molecule has 0 spiro atoms. The fraction of sp³-hybridized carbons (Fsp3) is 0.533. The van der Waals surface area contributed by atoms with Gasteiger partial charge in [-0.25, -0.2) is 0 Å². The first-order chi connectivity index (χ1) is 9.44. The third-order valence-electron chi connectivity index (χ3n) is 4.06. The van der Waals surface area contributed by atoms with Gasteiger partial charge in [0.15, 0.2) is 0 Å². The minimum atomic E-state index is -0.250. The number of hydrogen-bond donors (Lipinski definition) is 1. The molecule has 0 unspecified atom stereocenters. The molecule has 1 aromatic carbocycles. The van der Waals surface area contributed by atoms with E-state index in [1.54, 1.807) is 19.2 Å². The molecule has 1 fully saturated rings. The topological polar surface area (TPSA) is 47.6 Å². The first kappa shape index (κ1) is 15.0. The first-order valence-corrected chi connectivity index (χ1v) is 7.05. The number of ether oxygens (including phenoxy) is 2. The maximum atomic E-state index is 12.4. The number of amides is 1. The normalized spacial score (nSPS) is 15.9. The van der Waals surface area contributed by atoms with Gasteiger partial charge in [0.05, 0.1) is 25.3 Å². The Morgan fingerprint density at radius 2 is 1.95 bits per heavy atom. The molecular formula is C15H20ClNO3. The summed E-state index contributed by atoms with van der Waals surface area (Å²) in [5, 5.41) is 3.30. The first-order valence-electron chi connectivity index (χ1n) is 6.67. The molecule has 0 bridgehead atoms. The molecule has 1 N–H and O–H groups in total. The molecule has 1 saturated carbocycles. The number of carbonyl (C=O) groups excluding carboxylic acids is 1. The summed E-state index contributed by atoms with van der Waals surface area (Å²) >= 11 is 6.24. The zero-order chi connectivity index (χ0) is 14.9. The lowest BCUT2D eigenvalue weighted by atomic mass is 9.91. The second kappa shape index (κ2) is 5.52. The van der Waals surface area contributed by atoms with Crippen molar-refractivity contribution in [2.24, 2.45) is 11.3 Å². The summed E-state index contributed by atoms with van der Waals surface area (Å²) in [4.78, 5) is 12.4. The zero-order valence-electron chi connectivity index (χ0n) is 12.2. The number of carbonyl (C=O) groups is 1. The Morgan fingerprint density at radius 3 is 2.40 bits per heavy atom. The minimum Gasteiger partial charge on any atom is -0.497 e. The van der Waals surface area contributed by atoms with Gasteiger partial charge in [-0.2, -0.15) is 0 Å². The third kappa shape index (κ3) is 2.57. The van der Waals surface area contributed by atoms with Gasteiger partial charge >= 0.3 is 0 Å². The number of rotatable bonds is 5. The third-order valence-corrected chi connectivity index (χ3v) is 4.45. The molecule has 0 aromatic heterocycles. The molecule has 20 heavy (non-hydrogen) atoms. The van der Waals surface area contributed by atoms with Crippen LogP contribution in [0, 0.1) is 11.3 Å². The second-order valence-corrected chi connectivity index (χ2v) is 5.83. The van der Waals surface area contributed by atoms with Crippen molar-refractivity contribution in [1.82, 2.24) is 0 Å².